The van der Waals surface area contributed by atoms with Gasteiger partial charge in [-0.05, 0) is 36.6 Å². The molecule has 1 saturated heterocycles. The minimum Gasteiger partial charge on any atom is -0.405 e. The van der Waals surface area contributed by atoms with Crippen molar-refractivity contribution in [2.75, 3.05) is 37.7 Å². The quantitative estimate of drug-likeness (QED) is 0.682. The van der Waals surface area contributed by atoms with E-state index in [0.717, 1.165) is 24.3 Å². The van der Waals surface area contributed by atoms with E-state index in [1.807, 2.05) is 12.1 Å². The Morgan fingerprint density at radius 1 is 1.44 bits per heavy atom. The predicted molar refractivity (Wildman–Crippen MR) is 107 cm³/mol. The first-order valence-corrected chi connectivity index (χ1v) is 9.30. The molecule has 0 aromatic heterocycles. The third kappa shape index (κ3) is 4.48. The Hall–Kier alpha value is -2.38. The molecular formula is C19H26ClN5O2. The lowest BCUT2D eigenvalue weighted by molar-refractivity contribution is 0.0476. The monoisotopic (exact) mass is 391 g/mol. The first-order chi connectivity index (χ1) is 12.9. The summed E-state index contributed by atoms with van der Waals surface area (Å²) in [7, 11) is 0. The second kappa shape index (κ2) is 8.10. The number of halogens is 1. The van der Waals surface area contributed by atoms with E-state index in [2.05, 4.69) is 17.1 Å². The van der Waals surface area contributed by atoms with Gasteiger partial charge in [-0.25, -0.2) is 4.79 Å². The Balaban J connectivity index is 1.59. The predicted octanol–water partition coefficient (Wildman–Crippen LogP) is 1.98. The van der Waals surface area contributed by atoms with Crippen LogP contribution in [0.15, 0.2) is 42.4 Å². The summed E-state index contributed by atoms with van der Waals surface area (Å²) in [5.74, 6) is 0.677. The number of anilines is 1. The third-order valence-electron chi connectivity index (χ3n) is 4.85. The van der Waals surface area contributed by atoms with E-state index in [4.69, 9.17) is 27.8 Å². The van der Waals surface area contributed by atoms with Gasteiger partial charge in [0, 0.05) is 35.6 Å². The molecule has 0 atom stereocenters. The fourth-order valence-corrected chi connectivity index (χ4v) is 3.61. The molecule has 0 aliphatic carbocycles. The number of hydrogen-bond donors (Lipinski definition) is 3. The van der Waals surface area contributed by atoms with Crippen molar-refractivity contribution in [1.29, 1.82) is 0 Å². The number of hydrogen-bond acceptors (Lipinski definition) is 5. The summed E-state index contributed by atoms with van der Waals surface area (Å²) in [4.78, 5) is 16.6. The summed E-state index contributed by atoms with van der Waals surface area (Å²) in [6.45, 7) is 5.71. The van der Waals surface area contributed by atoms with Gasteiger partial charge in [0.05, 0.1) is 31.3 Å². The fourth-order valence-electron chi connectivity index (χ4n) is 3.42. The Morgan fingerprint density at radius 3 is 2.96 bits per heavy atom. The van der Waals surface area contributed by atoms with Gasteiger partial charge in [-0.1, -0.05) is 18.5 Å². The summed E-state index contributed by atoms with van der Waals surface area (Å²) < 4.78 is 5.59. The number of allylic oxidation sites excluding steroid dienone is 2. The molecule has 27 heavy (non-hydrogen) atoms. The summed E-state index contributed by atoms with van der Waals surface area (Å²) in [6.07, 6.45) is 4.93. The van der Waals surface area contributed by atoms with Crippen molar-refractivity contribution >= 4 is 23.3 Å². The van der Waals surface area contributed by atoms with Crippen LogP contribution >= 0.6 is 11.6 Å². The van der Waals surface area contributed by atoms with Gasteiger partial charge in [-0.2, -0.15) is 0 Å². The number of amides is 2. The Labute approximate surface area is 164 Å². The van der Waals surface area contributed by atoms with Crippen molar-refractivity contribution in [1.82, 2.24) is 10.2 Å². The lowest BCUT2D eigenvalue weighted by Gasteiger charge is -2.49. The lowest BCUT2D eigenvalue weighted by Crippen LogP contribution is -2.60. The van der Waals surface area contributed by atoms with Crippen LogP contribution in [0.2, 0.25) is 5.02 Å². The van der Waals surface area contributed by atoms with Crippen molar-refractivity contribution in [3.8, 4) is 0 Å². The van der Waals surface area contributed by atoms with E-state index in [9.17, 15) is 4.79 Å². The van der Waals surface area contributed by atoms with Crippen molar-refractivity contribution < 1.29 is 9.53 Å². The maximum absolute atomic E-state index is 12.8. The number of likely N-dealkylation sites (tertiary alicyclic amines) is 1. The topological polar surface area (TPSA) is 96.9 Å². The largest absolute Gasteiger partial charge is 0.405 e. The van der Waals surface area contributed by atoms with Gasteiger partial charge >= 0.3 is 6.03 Å². The maximum Gasteiger partial charge on any atom is 0.321 e. The SMILES string of the molecule is CC1(CNC(=O)N2CCOCc3cc(Cl)ccc32)CN(/C(N)=C/C=C\N)C1. The van der Waals surface area contributed by atoms with Crippen LogP contribution in [0.4, 0.5) is 10.5 Å². The van der Waals surface area contributed by atoms with E-state index < -0.39 is 0 Å². The molecule has 3 rings (SSSR count). The van der Waals surface area contributed by atoms with Gasteiger partial charge < -0.3 is 26.4 Å². The molecule has 0 saturated carbocycles. The first kappa shape index (κ1) is 19.4. The van der Waals surface area contributed by atoms with E-state index in [1.54, 1.807) is 23.1 Å². The zero-order valence-electron chi connectivity index (χ0n) is 15.5. The van der Waals surface area contributed by atoms with Crippen LogP contribution in [0.1, 0.15) is 12.5 Å². The molecule has 2 heterocycles. The third-order valence-corrected chi connectivity index (χ3v) is 5.08. The van der Waals surface area contributed by atoms with E-state index in [0.29, 0.717) is 37.1 Å². The molecule has 1 aromatic carbocycles. The molecular weight excluding hydrogens is 366 g/mol. The van der Waals surface area contributed by atoms with Gasteiger partial charge in [0.15, 0.2) is 0 Å². The summed E-state index contributed by atoms with van der Waals surface area (Å²) in [6, 6.07) is 5.38. The number of carbonyl (C=O) groups excluding carboxylic acids is 1. The molecule has 2 aliphatic rings. The van der Waals surface area contributed by atoms with Crippen LogP contribution < -0.4 is 21.7 Å². The van der Waals surface area contributed by atoms with Crippen LogP contribution in [-0.4, -0.2) is 43.7 Å². The molecule has 7 nitrogen and oxygen atoms in total. The maximum atomic E-state index is 12.8. The standard InChI is InChI=1S/C19H26ClN5O2/c1-19(12-24(13-19)17(22)3-2-6-21)11-23-18(26)25-7-8-27-10-14-9-15(20)4-5-16(14)25/h2-6,9H,7-8,10-13,21-22H2,1H3,(H,23,26)/b6-2-,17-3+. The minimum absolute atomic E-state index is 0.0221. The molecule has 1 aromatic rings. The van der Waals surface area contributed by atoms with Crippen molar-refractivity contribution in [3.05, 3.63) is 53.0 Å². The molecule has 0 radical (unpaired) electrons. The number of nitrogens with one attached hydrogen (secondary N) is 1. The van der Waals surface area contributed by atoms with Gasteiger partial charge in [0.25, 0.3) is 0 Å². The summed E-state index contributed by atoms with van der Waals surface area (Å²) in [5, 5.41) is 3.69. The van der Waals surface area contributed by atoms with Gasteiger partial charge in [0.1, 0.15) is 0 Å². The molecule has 2 amide bonds. The second-order valence-electron chi connectivity index (χ2n) is 7.28. The lowest BCUT2D eigenvalue weighted by atomic mass is 9.82. The van der Waals surface area contributed by atoms with Crippen LogP contribution in [0, 0.1) is 5.41 Å². The Kier molecular flexibility index (Phi) is 5.82. The number of nitrogens with two attached hydrogens (primary N) is 2. The van der Waals surface area contributed by atoms with Gasteiger partial charge in [-0.3, -0.25) is 4.90 Å². The number of fused-ring (bicyclic) bond motifs is 1. The molecule has 5 N–H and O–H groups in total. The molecule has 146 valence electrons. The van der Waals surface area contributed by atoms with Crippen LogP contribution in [0.3, 0.4) is 0 Å². The highest BCUT2D eigenvalue weighted by atomic mass is 35.5. The van der Waals surface area contributed by atoms with Crippen molar-refractivity contribution in [3.63, 3.8) is 0 Å². The number of urea groups is 1. The number of nitrogens with zero attached hydrogens (tertiary/aromatic N) is 2. The molecule has 1 fully saturated rings. The summed E-state index contributed by atoms with van der Waals surface area (Å²) in [5.41, 5.74) is 13.1. The Morgan fingerprint density at radius 2 is 2.22 bits per heavy atom. The fraction of sp³-hybridized carbons (Fsp3) is 0.421. The average molecular weight is 392 g/mol. The molecule has 0 spiro atoms. The molecule has 8 heteroatoms. The zero-order chi connectivity index (χ0) is 19.4. The van der Waals surface area contributed by atoms with E-state index >= 15 is 0 Å². The second-order valence-corrected chi connectivity index (χ2v) is 7.72. The highest BCUT2D eigenvalue weighted by Crippen LogP contribution is 2.31. The van der Waals surface area contributed by atoms with Gasteiger partial charge in [-0.15, -0.1) is 0 Å². The van der Waals surface area contributed by atoms with Gasteiger partial charge in [0.2, 0.25) is 0 Å². The molecule has 0 bridgehead atoms. The normalized spacial score (nSPS) is 19.4. The smallest absolute Gasteiger partial charge is 0.321 e. The average Bonchev–Trinajstić information content (AvgIpc) is 2.83. The van der Waals surface area contributed by atoms with E-state index in [1.165, 1.54) is 6.20 Å². The highest BCUT2D eigenvalue weighted by Gasteiger charge is 2.39. The van der Waals surface area contributed by atoms with Crippen molar-refractivity contribution in [2.24, 2.45) is 16.9 Å². The molecule has 0 unspecified atom stereocenters. The first-order valence-electron chi connectivity index (χ1n) is 8.92. The zero-order valence-corrected chi connectivity index (χ0v) is 16.2. The van der Waals surface area contributed by atoms with Crippen LogP contribution in [0.25, 0.3) is 0 Å². The minimum atomic E-state index is -0.127. The van der Waals surface area contributed by atoms with Crippen molar-refractivity contribution in [2.45, 2.75) is 13.5 Å². The van der Waals surface area contributed by atoms with Crippen LogP contribution in [-0.2, 0) is 11.3 Å². The summed E-state index contributed by atoms with van der Waals surface area (Å²) >= 11 is 6.07. The number of ether oxygens (including phenoxy) is 1. The van der Waals surface area contributed by atoms with E-state index in [-0.39, 0.29) is 11.4 Å². The highest BCUT2D eigenvalue weighted by molar-refractivity contribution is 6.30. The number of carbonyl (C=O) groups is 1. The Bertz CT molecular complexity index is 758. The number of rotatable bonds is 4. The van der Waals surface area contributed by atoms with Crippen LogP contribution in [0.5, 0.6) is 0 Å². The molecule has 2 aliphatic heterocycles. The number of benzene rings is 1.